The van der Waals surface area contributed by atoms with Crippen molar-refractivity contribution in [3.63, 3.8) is 0 Å². The average molecular weight is 227 g/mol. The Labute approximate surface area is 99.2 Å². The fourth-order valence-electron chi connectivity index (χ4n) is 1.77. The summed E-state index contributed by atoms with van der Waals surface area (Å²) in [6.07, 6.45) is 9.81. The number of fused-ring (bicyclic) bond motifs is 1. The molecule has 0 aliphatic heterocycles. The molecule has 0 saturated heterocycles. The van der Waals surface area contributed by atoms with Crippen LogP contribution in [-0.2, 0) is 4.79 Å². The molecule has 1 aromatic rings. The standard InChI is InChI=1S/C14H13NO2/c1-10(17)14(2)5-3-4-11-6-13(9-16)15-8-12(11)7-14/h3-9H,1-2H3. The van der Waals surface area contributed by atoms with E-state index in [9.17, 15) is 9.59 Å². The number of hydrogen-bond donors (Lipinski definition) is 0. The van der Waals surface area contributed by atoms with Crippen LogP contribution in [0.4, 0.5) is 0 Å². The maximum absolute atomic E-state index is 11.6. The lowest BCUT2D eigenvalue weighted by molar-refractivity contribution is -0.121. The van der Waals surface area contributed by atoms with Crippen LogP contribution >= 0.6 is 0 Å². The van der Waals surface area contributed by atoms with Gasteiger partial charge in [0.05, 0.1) is 5.41 Å². The van der Waals surface area contributed by atoms with Gasteiger partial charge in [0.1, 0.15) is 11.5 Å². The molecule has 1 aromatic heterocycles. The van der Waals surface area contributed by atoms with Gasteiger partial charge in [0, 0.05) is 6.20 Å². The second-order valence-corrected chi connectivity index (χ2v) is 4.36. The Morgan fingerprint density at radius 2 is 2.18 bits per heavy atom. The van der Waals surface area contributed by atoms with Crippen LogP contribution in [-0.4, -0.2) is 17.1 Å². The molecular formula is C14H13NO2. The average Bonchev–Trinajstić information content (AvgIpc) is 2.47. The van der Waals surface area contributed by atoms with Crippen LogP contribution in [0.3, 0.4) is 0 Å². The Kier molecular flexibility index (Phi) is 2.76. The predicted molar refractivity (Wildman–Crippen MR) is 65.7 cm³/mol. The van der Waals surface area contributed by atoms with Gasteiger partial charge < -0.3 is 0 Å². The third-order valence-corrected chi connectivity index (χ3v) is 3.04. The number of aldehydes is 1. The van der Waals surface area contributed by atoms with Gasteiger partial charge in [-0.2, -0.15) is 0 Å². The van der Waals surface area contributed by atoms with Gasteiger partial charge >= 0.3 is 0 Å². The Hall–Kier alpha value is -2.03. The van der Waals surface area contributed by atoms with Crippen LogP contribution < -0.4 is 10.4 Å². The first-order chi connectivity index (χ1) is 8.05. The maximum atomic E-state index is 11.6. The van der Waals surface area contributed by atoms with Gasteiger partial charge in [-0.05, 0) is 30.4 Å². The predicted octanol–water partition coefficient (Wildman–Crippen LogP) is 0.620. The van der Waals surface area contributed by atoms with Crippen LogP contribution in [0.15, 0.2) is 24.4 Å². The summed E-state index contributed by atoms with van der Waals surface area (Å²) in [6, 6.07) is 1.72. The van der Waals surface area contributed by atoms with E-state index in [0.29, 0.717) is 12.0 Å². The van der Waals surface area contributed by atoms with Crippen molar-refractivity contribution in [1.82, 2.24) is 4.98 Å². The minimum atomic E-state index is -0.605. The topological polar surface area (TPSA) is 47.0 Å². The molecule has 0 fully saturated rings. The Balaban J connectivity index is 2.72. The number of ketones is 1. The lowest BCUT2D eigenvalue weighted by Gasteiger charge is -2.16. The van der Waals surface area contributed by atoms with E-state index in [-0.39, 0.29) is 5.78 Å². The quantitative estimate of drug-likeness (QED) is 0.696. The van der Waals surface area contributed by atoms with E-state index in [1.807, 2.05) is 31.2 Å². The minimum Gasteiger partial charge on any atom is -0.299 e. The normalized spacial score (nSPS) is 21.8. The summed E-state index contributed by atoms with van der Waals surface area (Å²) >= 11 is 0. The van der Waals surface area contributed by atoms with Gasteiger partial charge in [-0.15, -0.1) is 0 Å². The number of rotatable bonds is 2. The van der Waals surface area contributed by atoms with Crippen LogP contribution in [0.25, 0.3) is 12.2 Å². The fraction of sp³-hybridized carbons (Fsp3) is 0.214. The SMILES string of the molecule is CC(=O)C1(C)C=CC=c2cc(C=O)ncc2=C1. The summed E-state index contributed by atoms with van der Waals surface area (Å²) in [5, 5.41) is 1.78. The molecule has 1 heterocycles. The summed E-state index contributed by atoms with van der Waals surface area (Å²) in [5.74, 6) is 0.0782. The summed E-state index contributed by atoms with van der Waals surface area (Å²) in [5.41, 5.74) is -0.209. The van der Waals surface area contributed by atoms with Gasteiger partial charge in [0.15, 0.2) is 6.29 Å². The van der Waals surface area contributed by atoms with E-state index in [0.717, 1.165) is 10.4 Å². The number of Topliss-reactive ketones (excluding diaryl/α,β-unsaturated/α-hetero) is 1. The summed E-state index contributed by atoms with van der Waals surface area (Å²) in [7, 11) is 0. The van der Waals surface area contributed by atoms with Crippen molar-refractivity contribution in [3.05, 3.63) is 40.5 Å². The molecule has 1 atom stereocenters. The second-order valence-electron chi connectivity index (χ2n) is 4.36. The summed E-state index contributed by atoms with van der Waals surface area (Å²) in [4.78, 5) is 26.3. The zero-order valence-corrected chi connectivity index (χ0v) is 9.81. The number of allylic oxidation sites excluding steroid dienone is 2. The molecule has 3 nitrogen and oxygen atoms in total. The number of carbonyl (C=O) groups excluding carboxylic acids is 2. The van der Waals surface area contributed by atoms with Crippen LogP contribution in [0.2, 0.25) is 0 Å². The van der Waals surface area contributed by atoms with Crippen LogP contribution in [0.1, 0.15) is 24.3 Å². The summed E-state index contributed by atoms with van der Waals surface area (Å²) in [6.45, 7) is 3.43. The zero-order chi connectivity index (χ0) is 12.5. The van der Waals surface area contributed by atoms with E-state index in [1.54, 1.807) is 19.2 Å². The molecule has 1 aliphatic rings. The van der Waals surface area contributed by atoms with Crippen molar-refractivity contribution in [3.8, 4) is 0 Å². The summed E-state index contributed by atoms with van der Waals surface area (Å²) < 4.78 is 0. The highest BCUT2D eigenvalue weighted by atomic mass is 16.1. The van der Waals surface area contributed by atoms with Crippen molar-refractivity contribution < 1.29 is 9.59 Å². The number of nitrogens with zero attached hydrogens (tertiary/aromatic N) is 1. The van der Waals surface area contributed by atoms with Gasteiger partial charge in [-0.3, -0.25) is 14.6 Å². The first kappa shape index (κ1) is 11.5. The molecule has 0 N–H and O–H groups in total. The molecule has 0 saturated carbocycles. The molecule has 0 bridgehead atoms. The molecule has 1 aliphatic carbocycles. The molecule has 0 radical (unpaired) electrons. The van der Waals surface area contributed by atoms with Crippen LogP contribution in [0.5, 0.6) is 0 Å². The number of aromatic nitrogens is 1. The molecule has 1 unspecified atom stereocenters. The minimum absolute atomic E-state index is 0.0782. The first-order valence-corrected chi connectivity index (χ1v) is 5.40. The Morgan fingerprint density at radius 1 is 1.41 bits per heavy atom. The van der Waals surface area contributed by atoms with Gasteiger partial charge in [-0.25, -0.2) is 0 Å². The molecule has 0 spiro atoms. The Bertz CT molecular complexity index is 628. The van der Waals surface area contributed by atoms with Gasteiger partial charge in [0.2, 0.25) is 0 Å². The van der Waals surface area contributed by atoms with E-state index in [2.05, 4.69) is 4.98 Å². The van der Waals surface area contributed by atoms with E-state index >= 15 is 0 Å². The fourth-order valence-corrected chi connectivity index (χ4v) is 1.77. The third kappa shape index (κ3) is 2.09. The molecular weight excluding hydrogens is 214 g/mol. The molecule has 0 aromatic carbocycles. The van der Waals surface area contributed by atoms with Gasteiger partial charge in [0.25, 0.3) is 0 Å². The Morgan fingerprint density at radius 3 is 2.82 bits per heavy atom. The van der Waals surface area contributed by atoms with Crippen molar-refractivity contribution in [2.45, 2.75) is 13.8 Å². The van der Waals surface area contributed by atoms with Crippen molar-refractivity contribution >= 4 is 24.2 Å². The van der Waals surface area contributed by atoms with Gasteiger partial charge in [-0.1, -0.05) is 24.3 Å². The zero-order valence-electron chi connectivity index (χ0n) is 9.81. The first-order valence-electron chi connectivity index (χ1n) is 5.40. The lowest BCUT2D eigenvalue weighted by Crippen LogP contribution is -2.30. The number of carbonyl (C=O) groups is 2. The number of hydrogen-bond acceptors (Lipinski definition) is 3. The third-order valence-electron chi connectivity index (χ3n) is 3.04. The van der Waals surface area contributed by atoms with Crippen molar-refractivity contribution in [1.29, 1.82) is 0 Å². The molecule has 2 rings (SSSR count). The van der Waals surface area contributed by atoms with Crippen molar-refractivity contribution in [2.24, 2.45) is 5.41 Å². The van der Waals surface area contributed by atoms with Crippen LogP contribution in [0, 0.1) is 5.41 Å². The van der Waals surface area contributed by atoms with E-state index in [4.69, 9.17) is 0 Å². The highest BCUT2D eigenvalue weighted by Crippen LogP contribution is 2.22. The monoisotopic (exact) mass is 227 g/mol. The molecule has 0 amide bonds. The highest BCUT2D eigenvalue weighted by molar-refractivity contribution is 5.91. The largest absolute Gasteiger partial charge is 0.299 e. The van der Waals surface area contributed by atoms with E-state index < -0.39 is 5.41 Å². The number of pyridine rings is 1. The smallest absolute Gasteiger partial charge is 0.168 e. The molecule has 86 valence electrons. The second kappa shape index (κ2) is 4.09. The lowest BCUT2D eigenvalue weighted by atomic mass is 9.85. The molecule has 17 heavy (non-hydrogen) atoms. The highest BCUT2D eigenvalue weighted by Gasteiger charge is 2.23. The maximum Gasteiger partial charge on any atom is 0.168 e. The molecule has 3 heteroatoms. The van der Waals surface area contributed by atoms with Crippen molar-refractivity contribution in [2.75, 3.05) is 0 Å². The van der Waals surface area contributed by atoms with E-state index in [1.165, 1.54) is 0 Å².